The van der Waals surface area contributed by atoms with Gasteiger partial charge in [-0.25, -0.2) is 15.0 Å². The maximum atomic E-state index is 6.83. The van der Waals surface area contributed by atoms with Gasteiger partial charge >= 0.3 is 0 Å². The number of oxazole rings is 1. The molecule has 59 heavy (non-hydrogen) atoms. The third-order valence-corrected chi connectivity index (χ3v) is 10.7. The summed E-state index contributed by atoms with van der Waals surface area (Å²) in [6, 6.07) is 64.6. The zero-order valence-corrected chi connectivity index (χ0v) is 31.7. The molecule has 0 saturated heterocycles. The van der Waals surface area contributed by atoms with Crippen molar-refractivity contribution in [3.63, 3.8) is 0 Å². The minimum absolute atomic E-state index is 0.505. The standard InChI is InChI=1S/C53H33N5O/c1-5-15-34(16-6-1)45-30-40(31-46(56-45)35-17-7-2-8-18-35)38-27-39(41-32-47(36-19-9-3-10-20-36)57-48(33-41)37-21-11-4-12-22-37)29-42(28-38)53-58-51-43-23-13-25-54-49(43)50-44(52(51)59-53)24-14-26-55-50/h1-33H. The van der Waals surface area contributed by atoms with Gasteiger partial charge in [-0.05, 0) is 89.0 Å². The first-order valence-corrected chi connectivity index (χ1v) is 19.6. The fourth-order valence-corrected chi connectivity index (χ4v) is 7.88. The summed E-state index contributed by atoms with van der Waals surface area (Å²) in [7, 11) is 0. The van der Waals surface area contributed by atoms with Gasteiger partial charge in [0.25, 0.3) is 0 Å². The van der Waals surface area contributed by atoms with E-state index in [0.717, 1.165) is 100 Å². The molecule has 0 amide bonds. The van der Waals surface area contributed by atoms with Gasteiger partial charge in [-0.2, -0.15) is 0 Å². The van der Waals surface area contributed by atoms with Gasteiger partial charge in [0.05, 0.1) is 28.3 Å². The maximum Gasteiger partial charge on any atom is 0.227 e. The van der Waals surface area contributed by atoms with E-state index >= 15 is 0 Å². The number of hydrogen-bond acceptors (Lipinski definition) is 6. The topological polar surface area (TPSA) is 77.6 Å². The van der Waals surface area contributed by atoms with Crippen LogP contribution in [0.4, 0.5) is 0 Å². The summed E-state index contributed by atoms with van der Waals surface area (Å²) < 4.78 is 6.83. The normalized spacial score (nSPS) is 11.4. The van der Waals surface area contributed by atoms with E-state index in [4.69, 9.17) is 29.3 Å². The smallest absolute Gasteiger partial charge is 0.227 e. The number of pyridine rings is 4. The minimum Gasteiger partial charge on any atom is -0.435 e. The Morgan fingerprint density at radius 2 is 0.661 bits per heavy atom. The van der Waals surface area contributed by atoms with Crippen LogP contribution in [0.2, 0.25) is 0 Å². The zero-order valence-electron chi connectivity index (χ0n) is 31.7. The van der Waals surface area contributed by atoms with E-state index in [-0.39, 0.29) is 0 Å². The lowest BCUT2D eigenvalue weighted by molar-refractivity contribution is 0.623. The number of benzene rings is 6. The summed E-state index contributed by atoms with van der Waals surface area (Å²) in [5.74, 6) is 0.505. The highest BCUT2D eigenvalue weighted by atomic mass is 16.3. The van der Waals surface area contributed by atoms with Crippen molar-refractivity contribution in [3.05, 3.63) is 200 Å². The fraction of sp³-hybridized carbons (Fsp3) is 0. The Morgan fingerprint density at radius 3 is 1.10 bits per heavy atom. The van der Waals surface area contributed by atoms with Crippen molar-refractivity contribution >= 4 is 32.9 Å². The minimum atomic E-state index is 0.505. The van der Waals surface area contributed by atoms with E-state index in [1.165, 1.54) is 0 Å². The third-order valence-electron chi connectivity index (χ3n) is 10.7. The summed E-state index contributed by atoms with van der Waals surface area (Å²) in [5, 5.41) is 1.76. The van der Waals surface area contributed by atoms with E-state index in [9.17, 15) is 0 Å². The first kappa shape index (κ1) is 34.2. The molecule has 0 saturated carbocycles. The second-order valence-corrected chi connectivity index (χ2v) is 14.5. The Labute approximate surface area is 340 Å². The molecule has 5 aromatic heterocycles. The molecule has 0 unspecified atom stereocenters. The van der Waals surface area contributed by atoms with E-state index in [0.29, 0.717) is 11.5 Å². The summed E-state index contributed by atoms with van der Waals surface area (Å²) in [6.45, 7) is 0. The van der Waals surface area contributed by atoms with Gasteiger partial charge in [0.15, 0.2) is 5.58 Å². The van der Waals surface area contributed by atoms with Crippen LogP contribution in [-0.4, -0.2) is 24.9 Å². The summed E-state index contributed by atoms with van der Waals surface area (Å²) in [6.07, 6.45) is 3.59. The van der Waals surface area contributed by atoms with Crippen LogP contribution >= 0.6 is 0 Å². The average Bonchev–Trinajstić information content (AvgIpc) is 3.79. The maximum absolute atomic E-state index is 6.83. The highest BCUT2D eigenvalue weighted by molar-refractivity contribution is 6.20. The SMILES string of the molecule is c1ccc(-c2cc(-c3cc(-c4cc(-c5ccccc5)nc(-c5ccccc5)c4)cc(-c4nc5c6cccnc6c6ncccc6c5o4)c3)cc(-c3ccccc3)n2)cc1. The Balaban J connectivity index is 1.19. The highest BCUT2D eigenvalue weighted by Gasteiger charge is 2.20. The van der Waals surface area contributed by atoms with E-state index < -0.39 is 0 Å². The number of nitrogens with zero attached hydrogens (tertiary/aromatic N) is 5. The molecule has 0 aliphatic heterocycles. The van der Waals surface area contributed by atoms with Crippen LogP contribution in [0.15, 0.2) is 205 Å². The third kappa shape index (κ3) is 6.39. The van der Waals surface area contributed by atoms with Gasteiger partial charge < -0.3 is 4.42 Å². The van der Waals surface area contributed by atoms with Crippen LogP contribution in [0, 0.1) is 0 Å². The van der Waals surface area contributed by atoms with Gasteiger partial charge in [-0.15, -0.1) is 0 Å². The fourth-order valence-electron chi connectivity index (χ4n) is 7.88. The molecular formula is C53H33N5O. The number of hydrogen-bond donors (Lipinski definition) is 0. The Kier molecular flexibility index (Phi) is 8.37. The van der Waals surface area contributed by atoms with Crippen LogP contribution in [0.5, 0.6) is 0 Å². The monoisotopic (exact) mass is 755 g/mol. The number of fused-ring (bicyclic) bond motifs is 6. The van der Waals surface area contributed by atoms with Gasteiger partial charge in [0.1, 0.15) is 11.0 Å². The first-order valence-electron chi connectivity index (χ1n) is 19.6. The van der Waals surface area contributed by atoms with Crippen molar-refractivity contribution in [1.82, 2.24) is 24.9 Å². The van der Waals surface area contributed by atoms with Crippen molar-refractivity contribution < 1.29 is 4.42 Å². The van der Waals surface area contributed by atoms with E-state index in [1.54, 1.807) is 12.4 Å². The molecule has 6 heteroatoms. The molecule has 5 heterocycles. The second-order valence-electron chi connectivity index (χ2n) is 14.5. The molecular weight excluding hydrogens is 723 g/mol. The molecule has 0 N–H and O–H groups in total. The van der Waals surface area contributed by atoms with Crippen molar-refractivity contribution in [2.45, 2.75) is 0 Å². The predicted octanol–water partition coefficient (Wildman–Crippen LogP) is 13.4. The van der Waals surface area contributed by atoms with Crippen molar-refractivity contribution in [1.29, 1.82) is 0 Å². The predicted molar refractivity (Wildman–Crippen MR) is 238 cm³/mol. The lowest BCUT2D eigenvalue weighted by Crippen LogP contribution is -1.94. The molecule has 11 aromatic rings. The molecule has 6 nitrogen and oxygen atoms in total. The first-order chi connectivity index (χ1) is 29.2. The molecule has 0 aliphatic rings. The van der Waals surface area contributed by atoms with Crippen molar-refractivity contribution in [2.24, 2.45) is 0 Å². The molecule has 0 fully saturated rings. The van der Waals surface area contributed by atoms with Gasteiger partial charge in [0, 0.05) is 51.0 Å². The largest absolute Gasteiger partial charge is 0.435 e. The molecule has 0 spiro atoms. The van der Waals surface area contributed by atoms with Gasteiger partial charge in [-0.3, -0.25) is 9.97 Å². The van der Waals surface area contributed by atoms with Crippen LogP contribution in [0.1, 0.15) is 0 Å². The summed E-state index contributed by atoms with van der Waals surface area (Å²) in [5.41, 5.74) is 15.6. The number of aromatic nitrogens is 5. The van der Waals surface area contributed by atoms with Crippen molar-refractivity contribution in [3.8, 4) is 78.7 Å². The van der Waals surface area contributed by atoms with Gasteiger partial charge in [-0.1, -0.05) is 121 Å². The molecule has 0 bridgehead atoms. The lowest BCUT2D eigenvalue weighted by atomic mass is 9.93. The number of rotatable bonds is 7. The Hall–Kier alpha value is -8.09. The quantitative estimate of drug-likeness (QED) is 0.151. The van der Waals surface area contributed by atoms with Crippen molar-refractivity contribution in [2.75, 3.05) is 0 Å². The molecule has 0 aliphatic carbocycles. The molecule has 11 rings (SSSR count). The summed E-state index contributed by atoms with van der Waals surface area (Å²) >= 11 is 0. The van der Waals surface area contributed by atoms with E-state index in [2.05, 4.69) is 91.0 Å². The molecule has 276 valence electrons. The summed E-state index contributed by atoms with van der Waals surface area (Å²) in [4.78, 5) is 25.1. The molecule has 0 radical (unpaired) electrons. The van der Waals surface area contributed by atoms with Crippen LogP contribution in [-0.2, 0) is 0 Å². The Morgan fingerprint density at radius 1 is 0.288 bits per heavy atom. The Bertz CT molecular complexity index is 2980. The van der Waals surface area contributed by atoms with E-state index in [1.807, 2.05) is 97.1 Å². The second kappa shape index (κ2) is 14.4. The average molecular weight is 756 g/mol. The van der Waals surface area contributed by atoms with Crippen LogP contribution in [0.25, 0.3) is 112 Å². The molecule has 6 aromatic carbocycles. The van der Waals surface area contributed by atoms with Gasteiger partial charge in [0.2, 0.25) is 5.89 Å². The highest BCUT2D eigenvalue weighted by Crippen LogP contribution is 2.40. The van der Waals surface area contributed by atoms with Crippen LogP contribution < -0.4 is 0 Å². The van der Waals surface area contributed by atoms with Crippen LogP contribution in [0.3, 0.4) is 0 Å². The molecule has 0 atom stereocenters. The lowest BCUT2D eigenvalue weighted by Gasteiger charge is -2.14. The zero-order chi connectivity index (χ0) is 39.1.